The number of thioether (sulfide) groups is 1. The Labute approximate surface area is 459 Å². The number of thiol groups is 1. The molecule has 0 atom stereocenters. The maximum absolute atomic E-state index is 9.44. The van der Waals surface area contributed by atoms with Crippen LogP contribution in [0.25, 0.3) is 11.5 Å². The molecule has 0 aliphatic heterocycles. The number of carboxylic acids is 1. The fourth-order valence-corrected chi connectivity index (χ4v) is 5.31. The van der Waals surface area contributed by atoms with Crippen LogP contribution in [0.4, 0.5) is 0 Å². The van der Waals surface area contributed by atoms with E-state index >= 15 is 0 Å². The number of nitrogens with two attached hydrogens (primary N) is 1. The van der Waals surface area contributed by atoms with Gasteiger partial charge < -0.3 is 76.4 Å². The molecule has 22 heteroatoms. The molecule has 0 aromatic rings. The van der Waals surface area contributed by atoms with Gasteiger partial charge in [0.2, 0.25) is 9.22 Å². The second kappa shape index (κ2) is 171. The summed E-state index contributed by atoms with van der Waals surface area (Å²) in [5, 5.41) is 16.5. The van der Waals surface area contributed by atoms with Crippen LogP contribution in [0, 0.1) is 13.8 Å². The summed E-state index contributed by atoms with van der Waals surface area (Å²) in [6.07, 6.45) is 13.7. The zero-order valence-electron chi connectivity index (χ0n) is 38.1. The number of unbranched alkanes of at least 4 members (excludes halogenated alkanes) is 3. The van der Waals surface area contributed by atoms with Crippen LogP contribution in [-0.4, -0.2) is 107 Å². The summed E-state index contributed by atoms with van der Waals surface area (Å²) in [7, 11) is 9.84. The molecule has 0 aromatic carbocycles. The Kier molecular flexibility index (Phi) is 328. The third-order valence-electron chi connectivity index (χ3n) is 3.11. The molecular formula is C37H92BrCl2KMt2N3O5S8-5. The van der Waals surface area contributed by atoms with Crippen LogP contribution < -0.4 is 57.1 Å². The molecule has 364 valence electrons. The Morgan fingerprint density at radius 3 is 1.39 bits per heavy atom. The van der Waals surface area contributed by atoms with E-state index in [-0.39, 0.29) is 93.8 Å². The first-order valence-corrected chi connectivity index (χ1v) is 26.0. The fourth-order valence-electron chi connectivity index (χ4n) is 1.02. The first-order valence-electron chi connectivity index (χ1n) is 17.4. The molecule has 0 bridgehead atoms. The van der Waals surface area contributed by atoms with Gasteiger partial charge in [-0.25, -0.2) is 10.3 Å². The first-order chi connectivity index (χ1) is 25.4. The molecule has 6 N–H and O–H groups in total. The Balaban J connectivity index is -0.0000000205. The molecule has 0 aliphatic rings. The predicted molar refractivity (Wildman–Crippen MR) is 297 cm³/mol. The average Bonchev–Trinajstić information content (AvgIpc) is 3.15. The molecule has 0 spiro atoms. The van der Waals surface area contributed by atoms with E-state index in [9.17, 15) is 4.79 Å². The van der Waals surface area contributed by atoms with E-state index in [2.05, 4.69) is 85.6 Å². The molecule has 0 aromatic heterocycles. The zero-order valence-corrected chi connectivity index (χ0v) is 63.0. The van der Waals surface area contributed by atoms with Gasteiger partial charge in [-0.2, -0.15) is 26.9 Å². The Hall–Kier alpha value is 1.89. The van der Waals surface area contributed by atoms with Crippen LogP contribution in [0.15, 0.2) is 0 Å². The number of ether oxygens (including phenoxy) is 2. The number of carbonyl (C=O) groups is 1. The number of carboxylic acid groups (broad SMARTS) is 1. The molecule has 59 heavy (non-hydrogen) atoms. The van der Waals surface area contributed by atoms with Gasteiger partial charge in [0.1, 0.15) is 0 Å². The van der Waals surface area contributed by atoms with Crippen molar-refractivity contribution in [2.24, 2.45) is 5.73 Å². The number of aliphatic carboxylic acids is 1. The molecule has 0 fully saturated rings. The summed E-state index contributed by atoms with van der Waals surface area (Å²) in [6.45, 7) is 23.9. The summed E-state index contributed by atoms with van der Waals surface area (Å²) in [6, 6.07) is 0. The SMILES string of the molecule is C.C.C.CCCCBr.CCCCSC(=S)OCC.CCO.CCO[C-]=S.CSSCCCN.C[NH-].C[NH-].O=C(O)C(Cl)Cl.[2H]CC.[CH2-]CCC.[CH2-]CCSSC.[K+].[Mt].[Mt].[SH-]. The van der Waals surface area contributed by atoms with Gasteiger partial charge in [0, 0.05) is 31.4 Å². The maximum atomic E-state index is 9.44. The van der Waals surface area contributed by atoms with E-state index in [1.165, 1.54) is 57.7 Å². The normalized spacial score (nSPS) is 7.17. The van der Waals surface area contributed by atoms with E-state index in [1.807, 2.05) is 35.4 Å². The van der Waals surface area contributed by atoms with Gasteiger partial charge in [-0.15, -0.1) is 0 Å². The second-order valence-electron chi connectivity index (χ2n) is 7.23. The van der Waals surface area contributed by atoms with Gasteiger partial charge in [0.05, 0.1) is 6.61 Å². The van der Waals surface area contributed by atoms with Crippen LogP contribution in [-0.2, 0) is 27.8 Å². The average molecular weight is 1660 g/mol. The van der Waals surface area contributed by atoms with Crippen LogP contribution in [0.3, 0.4) is 0 Å². The van der Waals surface area contributed by atoms with E-state index in [0.29, 0.717) is 24.5 Å². The summed E-state index contributed by atoms with van der Waals surface area (Å²) in [5.41, 5.74) is 18.8. The topological polar surface area (TPSA) is 150 Å². The third-order valence-corrected chi connectivity index (χ3v) is 9.27. The number of hydrogen-bond donors (Lipinski definition) is 3. The number of rotatable bonds is 17. The molecule has 0 amide bonds. The summed E-state index contributed by atoms with van der Waals surface area (Å²) >= 11 is 23.6. The van der Waals surface area contributed by atoms with E-state index in [1.54, 1.807) is 47.2 Å². The molecule has 0 radical (unpaired) electrons. The maximum Gasteiger partial charge on any atom is 1.00 e. The summed E-state index contributed by atoms with van der Waals surface area (Å²) in [4.78, 5) is 8.15. The van der Waals surface area contributed by atoms with Crippen molar-refractivity contribution in [3.8, 4) is 0 Å². The minimum Gasteiger partial charge on any atom is -0.813 e. The van der Waals surface area contributed by atoms with E-state index in [0.717, 1.165) is 36.9 Å². The molecule has 0 saturated heterocycles. The van der Waals surface area contributed by atoms with E-state index in [4.69, 9.17) is 68.9 Å². The number of alkyl halides is 3. The molecular weight excluding hydrogens is 1570 g/mol. The van der Waals surface area contributed by atoms with Crippen molar-refractivity contribution < 1.29 is 77.2 Å². The van der Waals surface area contributed by atoms with E-state index < -0.39 is 10.8 Å². The van der Waals surface area contributed by atoms with Crippen LogP contribution in [0.2, 0.25) is 0 Å². The summed E-state index contributed by atoms with van der Waals surface area (Å²) < 4.78 is 16.4. The third kappa shape index (κ3) is 299. The van der Waals surface area contributed by atoms with Crippen LogP contribution in [0.1, 0.15) is 130 Å². The molecule has 0 unspecified atom stereocenters. The minimum absolute atomic E-state index is 0. The van der Waals surface area contributed by atoms with Gasteiger partial charge in [0.15, 0.2) is 0 Å². The predicted octanol–water partition coefficient (Wildman–Crippen LogP) is 12.9. The standard InChI is InChI=1S/C7H14OS2.C4H9Br.C4H11NS2.C4H9S2.C4H9.C3H5OS.C2H2Cl2O2.C2H6O.C2H6.2CH4N.3CH4.K.2Mt.H2S/c1-3-5-6-10-7(9)8-4-2;1-2-3-4-5;1-6-7-4-2-3-5;1-3-4-6-5-2;1-3-4-2;1-2-4-3-5;3-1(4)2(5)6;1-2-3;3*1-2;;;;;;;/h3-6H2,1-2H3;2-4H2,1H3;2-5H2,1H3;1,3-4H2,2H3;1,3-4H2,2H3;2H2,1H3;1H,(H,5,6);3H,2H2,1H3;1-2H3;2*2H,1H3;3*1H4;;;;1H2/q;;;3*-1;;;;2*-1;;;;+1;;;/p-1/i;;;;;;;;1D;;;;;;;;;. The smallest absolute Gasteiger partial charge is 0.813 e. The van der Waals surface area contributed by atoms with Crippen molar-refractivity contribution in [2.45, 2.75) is 134 Å². The number of aliphatic hydroxyl groups excluding tert-OH is 1. The zero-order chi connectivity index (χ0) is 44.4. The minimum atomic E-state index is -1.29. The fraction of sp³-hybridized carbons (Fsp3) is 0.865. The second-order valence-corrected chi connectivity index (χ2v) is 16.3. The van der Waals surface area contributed by atoms with Crippen molar-refractivity contribution in [3.63, 3.8) is 0 Å². The molecule has 0 saturated carbocycles. The van der Waals surface area contributed by atoms with Gasteiger partial charge in [-0.3, -0.25) is 0 Å². The molecule has 0 rings (SSSR count). The number of halogens is 3. The van der Waals surface area contributed by atoms with Crippen molar-refractivity contribution in [1.29, 1.82) is 0 Å². The van der Waals surface area contributed by atoms with Gasteiger partial charge in [-0.05, 0) is 77.1 Å². The summed E-state index contributed by atoms with van der Waals surface area (Å²) in [5.74, 6) is 2.26. The molecule has 0 aliphatic carbocycles. The largest absolute Gasteiger partial charge is 1.00 e. The van der Waals surface area contributed by atoms with Gasteiger partial charge in [-0.1, -0.05) is 170 Å². The number of thiocarbonyl (C=S) groups is 2. The monoisotopic (exact) mass is 1660 g/mol. The van der Waals surface area contributed by atoms with Crippen molar-refractivity contribution in [1.82, 2.24) is 0 Å². The van der Waals surface area contributed by atoms with Gasteiger partial charge >= 0.3 is 57.4 Å². The molecule has 0 heterocycles. The quantitative estimate of drug-likeness (QED) is 0.0185. The Morgan fingerprint density at radius 2 is 1.24 bits per heavy atom. The number of nitrogens with one attached hydrogen (secondary N) is 2. The molecule has 8 nitrogen and oxygen atoms in total. The Bertz CT molecular complexity index is 544. The van der Waals surface area contributed by atoms with Crippen molar-refractivity contribution in [2.75, 3.05) is 75.6 Å². The number of hydrogen-bond acceptors (Lipinski definition) is 13. The Morgan fingerprint density at radius 1 is 0.881 bits per heavy atom. The van der Waals surface area contributed by atoms with Crippen molar-refractivity contribution in [3.05, 3.63) is 25.3 Å². The van der Waals surface area contributed by atoms with Crippen LogP contribution >= 0.6 is 119 Å². The number of aliphatic hydroxyl groups is 1. The van der Waals surface area contributed by atoms with Gasteiger partial charge in [0.25, 0.3) is 0 Å². The van der Waals surface area contributed by atoms with Crippen LogP contribution in [0.5, 0.6) is 0 Å². The first kappa shape index (κ1) is 113. The van der Waals surface area contributed by atoms with Crippen molar-refractivity contribution >= 4 is 148 Å².